The molecule has 0 bridgehead atoms. The summed E-state index contributed by atoms with van der Waals surface area (Å²) >= 11 is 7.19. The Balaban J connectivity index is 2.23. The number of benzene rings is 2. The van der Waals surface area contributed by atoms with Gasteiger partial charge in [0.25, 0.3) is 0 Å². The molecule has 0 N–H and O–H groups in total. The highest BCUT2D eigenvalue weighted by Gasteiger charge is 2.37. The summed E-state index contributed by atoms with van der Waals surface area (Å²) in [5, 5.41) is 0.833. The highest BCUT2D eigenvalue weighted by atomic mass is 35.5. The fourth-order valence-electron chi connectivity index (χ4n) is 4.59. The maximum absolute atomic E-state index is 7.19. The molecule has 3 rings (SSSR count). The molecule has 0 unspecified atom stereocenters. The van der Waals surface area contributed by atoms with Crippen LogP contribution in [0.4, 0.5) is 11.4 Å². The van der Waals surface area contributed by atoms with Crippen LogP contribution in [0.3, 0.4) is 0 Å². The van der Waals surface area contributed by atoms with E-state index < -0.39 is 0 Å². The predicted molar refractivity (Wildman–Crippen MR) is 132 cm³/mol. The Bertz CT molecular complexity index is 885. The maximum Gasteiger partial charge on any atom is 0.355 e. The van der Waals surface area contributed by atoms with Gasteiger partial charge in [0.1, 0.15) is 24.5 Å². The smallest absolute Gasteiger partial charge is 0.212 e. The van der Waals surface area contributed by atoms with Gasteiger partial charge in [0.15, 0.2) is 0 Å². The van der Waals surface area contributed by atoms with E-state index in [1.54, 1.807) is 0 Å². The fourth-order valence-corrected chi connectivity index (χ4v) is 4.92. The molecule has 2 aromatic carbocycles. The van der Waals surface area contributed by atoms with Crippen molar-refractivity contribution in [3.8, 4) is 0 Å². The van der Waals surface area contributed by atoms with Crippen LogP contribution in [0.25, 0.3) is 0 Å². The van der Waals surface area contributed by atoms with E-state index in [0.717, 1.165) is 18.4 Å². The number of nitrogens with zero attached hydrogens (tertiary/aromatic N) is 2. The van der Waals surface area contributed by atoms with E-state index in [2.05, 4.69) is 101 Å². The summed E-state index contributed by atoms with van der Waals surface area (Å²) in [7, 11) is 0. The minimum absolute atomic E-state index is 0.450. The van der Waals surface area contributed by atoms with Gasteiger partial charge in [-0.2, -0.15) is 0 Å². The van der Waals surface area contributed by atoms with E-state index >= 15 is 0 Å². The van der Waals surface area contributed by atoms with Gasteiger partial charge in [0.05, 0.1) is 0 Å². The second kappa shape index (κ2) is 9.14. The van der Waals surface area contributed by atoms with Crippen molar-refractivity contribution in [3.05, 3.63) is 58.7 Å². The zero-order chi connectivity index (χ0) is 22.2. The third-order valence-corrected chi connectivity index (χ3v) is 6.63. The molecule has 1 aliphatic rings. The molecule has 0 radical (unpaired) electrons. The second-order valence-electron chi connectivity index (χ2n) is 9.76. The van der Waals surface area contributed by atoms with Crippen molar-refractivity contribution in [2.24, 2.45) is 0 Å². The molecular weight excluding hydrogens is 388 g/mol. The van der Waals surface area contributed by atoms with Crippen molar-refractivity contribution < 1.29 is 4.58 Å². The summed E-state index contributed by atoms with van der Waals surface area (Å²) in [6, 6.07) is 13.4. The third kappa shape index (κ3) is 4.17. The van der Waals surface area contributed by atoms with E-state index in [4.69, 9.17) is 11.6 Å². The predicted octanol–water partition coefficient (Wildman–Crippen LogP) is 7.94. The molecule has 2 nitrogen and oxygen atoms in total. The molecule has 1 heterocycles. The van der Waals surface area contributed by atoms with E-state index in [-0.39, 0.29) is 0 Å². The first-order valence-corrected chi connectivity index (χ1v) is 11.9. The number of para-hydroxylation sites is 2. The van der Waals surface area contributed by atoms with Gasteiger partial charge >= 0.3 is 5.29 Å². The van der Waals surface area contributed by atoms with Crippen molar-refractivity contribution in [1.29, 1.82) is 0 Å². The van der Waals surface area contributed by atoms with Crippen LogP contribution in [0.5, 0.6) is 0 Å². The SMILES string of the molecule is CC(C)c1cccc(C(C)C)c1N1CC[N+](c2c(C(C)C)cccc2C(C)C)=C1Cl. The molecular formula is C27H38ClN2+. The molecule has 0 aromatic heterocycles. The minimum Gasteiger partial charge on any atom is -0.212 e. The number of hydrogen-bond acceptors (Lipinski definition) is 1. The van der Waals surface area contributed by atoms with Gasteiger partial charge in [-0.15, -0.1) is 0 Å². The zero-order valence-corrected chi connectivity index (χ0v) is 20.7. The number of anilines is 1. The Hall–Kier alpha value is -1.80. The van der Waals surface area contributed by atoms with Crippen molar-refractivity contribution in [2.45, 2.75) is 79.1 Å². The maximum atomic E-state index is 7.19. The van der Waals surface area contributed by atoms with Crippen molar-refractivity contribution >= 4 is 28.3 Å². The van der Waals surface area contributed by atoms with Crippen LogP contribution < -0.4 is 4.90 Å². The van der Waals surface area contributed by atoms with Gasteiger partial charge in [0, 0.05) is 33.9 Å². The van der Waals surface area contributed by atoms with Crippen LogP contribution in [-0.4, -0.2) is 23.0 Å². The van der Waals surface area contributed by atoms with Gasteiger partial charge in [0.2, 0.25) is 0 Å². The van der Waals surface area contributed by atoms with E-state index in [1.165, 1.54) is 33.6 Å². The van der Waals surface area contributed by atoms with Crippen molar-refractivity contribution in [3.63, 3.8) is 0 Å². The summed E-state index contributed by atoms with van der Waals surface area (Å²) in [6.07, 6.45) is 0. The number of halogens is 1. The molecule has 0 spiro atoms. The van der Waals surface area contributed by atoms with Crippen molar-refractivity contribution in [1.82, 2.24) is 0 Å². The first-order valence-electron chi connectivity index (χ1n) is 11.5. The first kappa shape index (κ1) is 22.9. The lowest BCUT2D eigenvalue weighted by Crippen LogP contribution is -2.27. The van der Waals surface area contributed by atoms with E-state index in [9.17, 15) is 0 Å². The minimum atomic E-state index is 0.450. The van der Waals surface area contributed by atoms with Crippen LogP contribution >= 0.6 is 11.6 Å². The lowest BCUT2D eigenvalue weighted by molar-refractivity contribution is -0.427. The van der Waals surface area contributed by atoms with E-state index in [1.807, 2.05) is 0 Å². The summed E-state index contributed by atoms with van der Waals surface area (Å²) in [5.41, 5.74) is 8.13. The first-order chi connectivity index (χ1) is 14.1. The molecule has 0 atom stereocenters. The van der Waals surface area contributed by atoms with Crippen LogP contribution in [0.1, 0.15) is 101 Å². The van der Waals surface area contributed by atoms with Crippen LogP contribution in [0, 0.1) is 0 Å². The van der Waals surface area contributed by atoms with Crippen LogP contribution in [-0.2, 0) is 0 Å². The third-order valence-electron chi connectivity index (χ3n) is 6.22. The van der Waals surface area contributed by atoms with Crippen molar-refractivity contribution in [2.75, 3.05) is 18.0 Å². The van der Waals surface area contributed by atoms with Gasteiger partial charge in [-0.3, -0.25) is 0 Å². The quantitative estimate of drug-likeness (QED) is 0.336. The number of hydrogen-bond donors (Lipinski definition) is 0. The standard InChI is InChI=1S/C27H38ClN2/c1-17(2)21-11-9-12-22(18(3)4)25(21)29-15-16-30(27(29)28)26-23(19(5)6)13-10-14-24(26)20(7)8/h9-14,17-20H,15-16H2,1-8H3/q+1. The molecule has 1 aliphatic heterocycles. The second-order valence-corrected chi connectivity index (χ2v) is 10.1. The highest BCUT2D eigenvalue weighted by molar-refractivity contribution is 6.66. The molecule has 0 fully saturated rings. The Morgan fingerprint density at radius 3 is 1.50 bits per heavy atom. The zero-order valence-electron chi connectivity index (χ0n) is 20.0. The summed E-state index contributed by atoms with van der Waals surface area (Å²) in [5.74, 6) is 1.80. The molecule has 30 heavy (non-hydrogen) atoms. The van der Waals surface area contributed by atoms with Gasteiger partial charge in [-0.25, -0.2) is 9.48 Å². The van der Waals surface area contributed by atoms with Gasteiger partial charge < -0.3 is 0 Å². The average Bonchev–Trinajstić information content (AvgIpc) is 3.07. The molecule has 0 saturated carbocycles. The summed E-state index contributed by atoms with van der Waals surface area (Å²) < 4.78 is 2.35. The normalized spacial score (nSPS) is 14.9. The highest BCUT2D eigenvalue weighted by Crippen LogP contribution is 2.40. The number of rotatable bonds is 6. The summed E-state index contributed by atoms with van der Waals surface area (Å²) in [4.78, 5) is 2.35. The largest absolute Gasteiger partial charge is 0.355 e. The average molecular weight is 426 g/mol. The van der Waals surface area contributed by atoms with Gasteiger partial charge in [-0.05, 0) is 23.7 Å². The Kier molecular flexibility index (Phi) is 6.97. The lowest BCUT2D eigenvalue weighted by atomic mass is 9.92. The van der Waals surface area contributed by atoms with Gasteiger partial charge in [-0.1, -0.05) is 91.8 Å². The van der Waals surface area contributed by atoms with Crippen LogP contribution in [0.2, 0.25) is 0 Å². The Morgan fingerprint density at radius 1 is 0.700 bits per heavy atom. The molecule has 0 aliphatic carbocycles. The molecule has 0 amide bonds. The Labute approximate surface area is 188 Å². The van der Waals surface area contributed by atoms with E-state index in [0.29, 0.717) is 23.7 Å². The molecule has 2 aromatic rings. The Morgan fingerprint density at radius 2 is 1.10 bits per heavy atom. The van der Waals surface area contributed by atoms with Crippen LogP contribution in [0.15, 0.2) is 36.4 Å². The monoisotopic (exact) mass is 425 g/mol. The fraction of sp³-hybridized carbons (Fsp3) is 0.519. The summed E-state index contributed by atoms with van der Waals surface area (Å²) in [6.45, 7) is 20.0. The lowest BCUT2D eigenvalue weighted by Gasteiger charge is -2.22. The molecule has 3 heteroatoms. The molecule has 162 valence electrons. The molecule has 0 saturated heterocycles. The number of amidine groups is 1. The topological polar surface area (TPSA) is 6.25 Å².